The predicted octanol–water partition coefficient (Wildman–Crippen LogP) is 0.798. The molecule has 0 aromatic heterocycles. The normalized spacial score (nSPS) is 30.0. The number of hydrogen-bond donors (Lipinski definition) is 3. The van der Waals surface area contributed by atoms with E-state index in [1.54, 1.807) is 0 Å². The highest BCUT2D eigenvalue weighted by molar-refractivity contribution is 4.84. The fourth-order valence-corrected chi connectivity index (χ4v) is 3.76. The van der Waals surface area contributed by atoms with Gasteiger partial charge in [-0.25, -0.2) is 0 Å². The third kappa shape index (κ3) is 5.03. The van der Waals surface area contributed by atoms with Crippen LogP contribution in [0.3, 0.4) is 0 Å². The maximum Gasteiger partial charge on any atom is 0.0434 e. The number of likely N-dealkylation sites (tertiary alicyclic amines) is 1. The number of aliphatic hydroxyl groups is 1. The van der Waals surface area contributed by atoms with Crippen LogP contribution in [0.4, 0.5) is 0 Å². The number of nitrogens with two attached hydrogens (primary N) is 1. The summed E-state index contributed by atoms with van der Waals surface area (Å²) in [7, 11) is 0. The van der Waals surface area contributed by atoms with Gasteiger partial charge < -0.3 is 21.1 Å². The summed E-state index contributed by atoms with van der Waals surface area (Å²) in [6.45, 7) is 5.47. The Bertz CT molecular complexity index is 230. The van der Waals surface area contributed by atoms with Crippen molar-refractivity contribution in [3.63, 3.8) is 0 Å². The third-order valence-electron chi connectivity index (χ3n) is 4.77. The van der Waals surface area contributed by atoms with Gasteiger partial charge in [0.05, 0.1) is 0 Å². The second-order valence-electron chi connectivity index (χ2n) is 6.42. The topological polar surface area (TPSA) is 61.5 Å². The molecule has 1 aliphatic heterocycles. The molecular weight excluding hydrogens is 238 g/mol. The molecule has 1 heterocycles. The fourth-order valence-electron chi connectivity index (χ4n) is 3.76. The quantitative estimate of drug-likeness (QED) is 0.640. The number of piperidine rings is 1. The predicted molar refractivity (Wildman–Crippen MR) is 79.1 cm³/mol. The van der Waals surface area contributed by atoms with Crippen LogP contribution >= 0.6 is 0 Å². The minimum Gasteiger partial charge on any atom is -0.396 e. The lowest BCUT2D eigenvalue weighted by molar-refractivity contribution is 0.122. The van der Waals surface area contributed by atoms with Gasteiger partial charge in [0.15, 0.2) is 0 Å². The Hall–Kier alpha value is -0.160. The molecule has 19 heavy (non-hydrogen) atoms. The average Bonchev–Trinajstić information content (AvgIpc) is 2.90. The molecule has 2 aliphatic rings. The van der Waals surface area contributed by atoms with Crippen LogP contribution < -0.4 is 11.1 Å². The fraction of sp³-hybridized carbons (Fsp3) is 1.00. The Morgan fingerprint density at radius 1 is 1.16 bits per heavy atom. The Labute approximate surface area is 117 Å². The van der Waals surface area contributed by atoms with Gasteiger partial charge in [0, 0.05) is 38.8 Å². The molecule has 0 amide bonds. The summed E-state index contributed by atoms with van der Waals surface area (Å²) in [6, 6.07) is 0.595. The largest absolute Gasteiger partial charge is 0.396 e. The van der Waals surface area contributed by atoms with Crippen LogP contribution in [0.1, 0.15) is 38.5 Å². The van der Waals surface area contributed by atoms with Gasteiger partial charge in [0.2, 0.25) is 0 Å². The molecular formula is C15H31N3O. The van der Waals surface area contributed by atoms with Crippen LogP contribution in [0.5, 0.6) is 0 Å². The minimum atomic E-state index is 0.316. The van der Waals surface area contributed by atoms with Crippen LogP contribution in [0, 0.1) is 11.8 Å². The number of nitrogens with one attached hydrogen (secondary N) is 1. The first kappa shape index (κ1) is 15.2. The van der Waals surface area contributed by atoms with Gasteiger partial charge in [-0.3, -0.25) is 0 Å². The minimum absolute atomic E-state index is 0.316. The van der Waals surface area contributed by atoms with Crippen LogP contribution in [-0.2, 0) is 0 Å². The van der Waals surface area contributed by atoms with E-state index in [-0.39, 0.29) is 0 Å². The van der Waals surface area contributed by atoms with Gasteiger partial charge in [0.25, 0.3) is 0 Å². The first-order valence-corrected chi connectivity index (χ1v) is 8.08. The van der Waals surface area contributed by atoms with E-state index >= 15 is 0 Å². The van der Waals surface area contributed by atoms with Crippen molar-refractivity contribution in [1.82, 2.24) is 10.2 Å². The smallest absolute Gasteiger partial charge is 0.0434 e. The Morgan fingerprint density at radius 3 is 2.63 bits per heavy atom. The summed E-state index contributed by atoms with van der Waals surface area (Å²) in [6.07, 6.45) is 7.81. The van der Waals surface area contributed by atoms with Crippen molar-refractivity contribution in [3.8, 4) is 0 Å². The Morgan fingerprint density at radius 2 is 1.95 bits per heavy atom. The summed E-state index contributed by atoms with van der Waals surface area (Å²) in [4.78, 5) is 2.47. The van der Waals surface area contributed by atoms with Gasteiger partial charge in [0.1, 0.15) is 0 Å². The van der Waals surface area contributed by atoms with Crippen molar-refractivity contribution >= 4 is 0 Å². The molecule has 4 heteroatoms. The summed E-state index contributed by atoms with van der Waals surface area (Å²) >= 11 is 0. The number of rotatable bonds is 7. The highest BCUT2D eigenvalue weighted by Gasteiger charge is 2.27. The standard InChI is InChI=1S/C15H31N3O/c16-6-7-18-11-14(5-8-19)9-15(12-18)17-10-13-3-1-2-4-13/h13-15,17,19H,1-12,16H2. The first-order valence-electron chi connectivity index (χ1n) is 8.08. The zero-order valence-electron chi connectivity index (χ0n) is 12.2. The van der Waals surface area contributed by atoms with Crippen molar-refractivity contribution in [2.24, 2.45) is 17.6 Å². The second-order valence-corrected chi connectivity index (χ2v) is 6.42. The van der Waals surface area contributed by atoms with Crippen molar-refractivity contribution in [1.29, 1.82) is 0 Å². The van der Waals surface area contributed by atoms with E-state index in [0.29, 0.717) is 18.6 Å². The van der Waals surface area contributed by atoms with E-state index in [9.17, 15) is 0 Å². The molecule has 0 bridgehead atoms. The van der Waals surface area contributed by atoms with Crippen LogP contribution in [0.2, 0.25) is 0 Å². The molecule has 0 spiro atoms. The zero-order valence-corrected chi connectivity index (χ0v) is 12.2. The molecule has 1 saturated carbocycles. The van der Waals surface area contributed by atoms with Crippen molar-refractivity contribution in [2.45, 2.75) is 44.6 Å². The molecule has 2 fully saturated rings. The van der Waals surface area contributed by atoms with E-state index in [0.717, 1.165) is 38.5 Å². The first-order chi connectivity index (χ1) is 9.31. The summed E-state index contributed by atoms with van der Waals surface area (Å²) in [5.41, 5.74) is 5.69. The van der Waals surface area contributed by atoms with E-state index in [2.05, 4.69) is 10.2 Å². The number of aliphatic hydroxyl groups excluding tert-OH is 1. The molecule has 2 rings (SSSR count). The molecule has 0 aromatic rings. The van der Waals surface area contributed by atoms with Gasteiger partial charge in [-0.1, -0.05) is 12.8 Å². The third-order valence-corrected chi connectivity index (χ3v) is 4.77. The molecule has 2 atom stereocenters. The Kier molecular flexibility index (Phi) is 6.57. The molecule has 0 aromatic carbocycles. The molecule has 4 nitrogen and oxygen atoms in total. The van der Waals surface area contributed by atoms with Gasteiger partial charge in [-0.15, -0.1) is 0 Å². The van der Waals surface area contributed by atoms with Crippen LogP contribution in [0.15, 0.2) is 0 Å². The number of hydrogen-bond acceptors (Lipinski definition) is 4. The lowest BCUT2D eigenvalue weighted by Gasteiger charge is -2.38. The highest BCUT2D eigenvalue weighted by Crippen LogP contribution is 2.25. The van der Waals surface area contributed by atoms with Gasteiger partial charge in [-0.2, -0.15) is 0 Å². The Balaban J connectivity index is 1.76. The lowest BCUT2D eigenvalue weighted by atomic mass is 9.91. The van der Waals surface area contributed by atoms with E-state index in [1.165, 1.54) is 38.6 Å². The van der Waals surface area contributed by atoms with Crippen molar-refractivity contribution in [2.75, 3.05) is 39.3 Å². The van der Waals surface area contributed by atoms with Gasteiger partial charge >= 0.3 is 0 Å². The maximum atomic E-state index is 9.16. The number of nitrogens with zero attached hydrogens (tertiary/aromatic N) is 1. The van der Waals surface area contributed by atoms with Crippen LogP contribution in [0.25, 0.3) is 0 Å². The van der Waals surface area contributed by atoms with Gasteiger partial charge in [-0.05, 0) is 44.1 Å². The summed E-state index contributed by atoms with van der Waals surface area (Å²) in [5.74, 6) is 1.53. The van der Waals surface area contributed by atoms with E-state index in [4.69, 9.17) is 10.8 Å². The van der Waals surface area contributed by atoms with Crippen LogP contribution in [-0.4, -0.2) is 55.4 Å². The summed E-state index contributed by atoms with van der Waals surface area (Å²) in [5, 5.41) is 12.9. The lowest BCUT2D eigenvalue weighted by Crippen LogP contribution is -2.51. The van der Waals surface area contributed by atoms with Crippen molar-refractivity contribution in [3.05, 3.63) is 0 Å². The molecule has 1 aliphatic carbocycles. The van der Waals surface area contributed by atoms with Crippen molar-refractivity contribution < 1.29 is 5.11 Å². The molecule has 4 N–H and O–H groups in total. The zero-order chi connectivity index (χ0) is 13.5. The molecule has 112 valence electrons. The van der Waals surface area contributed by atoms with E-state index in [1.807, 2.05) is 0 Å². The molecule has 0 radical (unpaired) electrons. The van der Waals surface area contributed by atoms with E-state index < -0.39 is 0 Å². The second kappa shape index (κ2) is 8.20. The monoisotopic (exact) mass is 269 g/mol. The SMILES string of the molecule is NCCN1CC(CCO)CC(NCC2CCCC2)C1. The maximum absolute atomic E-state index is 9.16. The summed E-state index contributed by atoms with van der Waals surface area (Å²) < 4.78 is 0. The molecule has 2 unspecified atom stereocenters. The molecule has 1 saturated heterocycles. The highest BCUT2D eigenvalue weighted by atomic mass is 16.3. The average molecular weight is 269 g/mol.